The zero-order valence-electron chi connectivity index (χ0n) is 10.2. The molecule has 1 unspecified atom stereocenters. The standard InChI is InChI=1S/C11H19N3O3/c1-7(2)11(5-8(12)15)3-4-14(10(11)17)6-9(13)16/h7H,3-6H2,1-2H3,(H2,12,15)(H2,13,16). The third-order valence-electron chi connectivity index (χ3n) is 3.48. The van der Waals surface area contributed by atoms with E-state index >= 15 is 0 Å². The smallest absolute Gasteiger partial charge is 0.237 e. The average molecular weight is 241 g/mol. The number of rotatable bonds is 5. The lowest BCUT2D eigenvalue weighted by Gasteiger charge is -2.30. The number of likely N-dealkylation sites (tertiary alicyclic amines) is 1. The highest BCUT2D eigenvalue weighted by Crippen LogP contribution is 2.41. The van der Waals surface area contributed by atoms with Crippen molar-refractivity contribution in [3.8, 4) is 0 Å². The zero-order chi connectivity index (χ0) is 13.2. The van der Waals surface area contributed by atoms with Crippen molar-refractivity contribution in [2.45, 2.75) is 26.7 Å². The van der Waals surface area contributed by atoms with Crippen molar-refractivity contribution in [2.24, 2.45) is 22.8 Å². The van der Waals surface area contributed by atoms with Gasteiger partial charge in [0.25, 0.3) is 0 Å². The van der Waals surface area contributed by atoms with Crippen LogP contribution in [-0.2, 0) is 14.4 Å². The molecule has 6 heteroatoms. The Labute approximate surface area is 100 Å². The first-order valence-corrected chi connectivity index (χ1v) is 5.65. The van der Waals surface area contributed by atoms with E-state index in [0.717, 1.165) is 0 Å². The fraction of sp³-hybridized carbons (Fsp3) is 0.727. The summed E-state index contributed by atoms with van der Waals surface area (Å²) in [4.78, 5) is 35.6. The number of amides is 3. The van der Waals surface area contributed by atoms with Crippen molar-refractivity contribution in [3.05, 3.63) is 0 Å². The molecule has 1 saturated heterocycles. The number of nitrogens with zero attached hydrogens (tertiary/aromatic N) is 1. The normalized spacial score (nSPS) is 24.4. The van der Waals surface area contributed by atoms with E-state index in [1.54, 1.807) is 0 Å². The van der Waals surface area contributed by atoms with Gasteiger partial charge in [-0.3, -0.25) is 14.4 Å². The first-order valence-electron chi connectivity index (χ1n) is 5.65. The van der Waals surface area contributed by atoms with Crippen LogP contribution < -0.4 is 11.5 Å². The molecular formula is C11H19N3O3. The van der Waals surface area contributed by atoms with E-state index < -0.39 is 17.2 Å². The first-order chi connectivity index (χ1) is 7.79. The summed E-state index contributed by atoms with van der Waals surface area (Å²) in [5, 5.41) is 0. The molecule has 0 saturated carbocycles. The summed E-state index contributed by atoms with van der Waals surface area (Å²) in [6, 6.07) is 0. The van der Waals surface area contributed by atoms with Gasteiger partial charge in [-0.05, 0) is 12.3 Å². The van der Waals surface area contributed by atoms with E-state index in [4.69, 9.17) is 11.5 Å². The molecule has 0 aromatic heterocycles. The van der Waals surface area contributed by atoms with Gasteiger partial charge in [-0.25, -0.2) is 0 Å². The molecule has 0 aliphatic carbocycles. The molecule has 4 N–H and O–H groups in total. The minimum absolute atomic E-state index is 0.000349. The van der Waals surface area contributed by atoms with Crippen LogP contribution >= 0.6 is 0 Å². The number of primary amides is 2. The largest absolute Gasteiger partial charge is 0.370 e. The van der Waals surface area contributed by atoms with Crippen LogP contribution in [0.5, 0.6) is 0 Å². The van der Waals surface area contributed by atoms with Gasteiger partial charge >= 0.3 is 0 Å². The zero-order valence-corrected chi connectivity index (χ0v) is 10.2. The maximum atomic E-state index is 12.3. The fourth-order valence-electron chi connectivity index (χ4n) is 2.41. The molecular weight excluding hydrogens is 222 g/mol. The summed E-state index contributed by atoms with van der Waals surface area (Å²) in [6.07, 6.45) is 0.568. The maximum absolute atomic E-state index is 12.3. The van der Waals surface area contributed by atoms with Crippen molar-refractivity contribution in [1.82, 2.24) is 4.90 Å². The Morgan fingerprint density at radius 3 is 2.35 bits per heavy atom. The Kier molecular flexibility index (Phi) is 3.75. The first kappa shape index (κ1) is 13.5. The Hall–Kier alpha value is -1.59. The minimum Gasteiger partial charge on any atom is -0.370 e. The molecule has 0 aromatic rings. The van der Waals surface area contributed by atoms with E-state index in [1.165, 1.54) is 4.90 Å². The molecule has 1 aliphatic heterocycles. The van der Waals surface area contributed by atoms with Gasteiger partial charge in [0.2, 0.25) is 17.7 Å². The molecule has 1 fully saturated rings. The Bertz CT molecular complexity index is 354. The van der Waals surface area contributed by atoms with Gasteiger partial charge in [-0.15, -0.1) is 0 Å². The maximum Gasteiger partial charge on any atom is 0.237 e. The molecule has 3 amide bonds. The van der Waals surface area contributed by atoms with Crippen LogP contribution in [0.3, 0.4) is 0 Å². The van der Waals surface area contributed by atoms with Crippen molar-refractivity contribution < 1.29 is 14.4 Å². The third kappa shape index (κ3) is 2.57. The van der Waals surface area contributed by atoms with E-state index in [1.807, 2.05) is 13.8 Å². The van der Waals surface area contributed by atoms with Crippen LogP contribution in [0.15, 0.2) is 0 Å². The van der Waals surface area contributed by atoms with Gasteiger partial charge < -0.3 is 16.4 Å². The second-order valence-corrected chi connectivity index (χ2v) is 4.90. The Balaban J connectivity index is 2.91. The van der Waals surface area contributed by atoms with E-state index in [0.29, 0.717) is 13.0 Å². The molecule has 1 rings (SSSR count). The van der Waals surface area contributed by atoms with Crippen LogP contribution in [0.1, 0.15) is 26.7 Å². The fourth-order valence-corrected chi connectivity index (χ4v) is 2.41. The van der Waals surface area contributed by atoms with Crippen molar-refractivity contribution in [3.63, 3.8) is 0 Å². The molecule has 6 nitrogen and oxygen atoms in total. The number of carbonyl (C=O) groups excluding carboxylic acids is 3. The lowest BCUT2D eigenvalue weighted by atomic mass is 9.73. The van der Waals surface area contributed by atoms with Crippen molar-refractivity contribution >= 4 is 17.7 Å². The molecule has 17 heavy (non-hydrogen) atoms. The predicted molar refractivity (Wildman–Crippen MR) is 61.5 cm³/mol. The van der Waals surface area contributed by atoms with E-state index in [2.05, 4.69) is 0 Å². The van der Waals surface area contributed by atoms with Crippen LogP contribution in [0.4, 0.5) is 0 Å². The van der Waals surface area contributed by atoms with E-state index in [9.17, 15) is 14.4 Å². The SMILES string of the molecule is CC(C)C1(CC(N)=O)CCN(CC(N)=O)C1=O. The second-order valence-electron chi connectivity index (χ2n) is 4.90. The number of nitrogens with two attached hydrogens (primary N) is 2. The highest BCUT2D eigenvalue weighted by molar-refractivity contribution is 5.92. The third-order valence-corrected chi connectivity index (χ3v) is 3.48. The predicted octanol–water partition coefficient (Wildman–Crippen LogP) is -0.778. The highest BCUT2D eigenvalue weighted by Gasteiger charge is 2.49. The van der Waals surface area contributed by atoms with E-state index in [-0.39, 0.29) is 24.8 Å². The molecule has 0 spiro atoms. The van der Waals surface area contributed by atoms with Gasteiger partial charge in [-0.1, -0.05) is 13.8 Å². The van der Waals surface area contributed by atoms with Crippen LogP contribution in [0.25, 0.3) is 0 Å². The highest BCUT2D eigenvalue weighted by atomic mass is 16.2. The number of hydrogen-bond donors (Lipinski definition) is 2. The second kappa shape index (κ2) is 4.73. The summed E-state index contributed by atoms with van der Waals surface area (Å²) in [5.41, 5.74) is 9.52. The summed E-state index contributed by atoms with van der Waals surface area (Å²) < 4.78 is 0. The number of hydrogen-bond acceptors (Lipinski definition) is 3. The monoisotopic (exact) mass is 241 g/mol. The molecule has 96 valence electrons. The lowest BCUT2D eigenvalue weighted by molar-refractivity contribution is -0.143. The van der Waals surface area contributed by atoms with Crippen molar-refractivity contribution in [2.75, 3.05) is 13.1 Å². The van der Waals surface area contributed by atoms with Gasteiger partial charge in [-0.2, -0.15) is 0 Å². The lowest BCUT2D eigenvalue weighted by Crippen LogP contribution is -2.43. The van der Waals surface area contributed by atoms with Crippen LogP contribution in [-0.4, -0.2) is 35.7 Å². The minimum atomic E-state index is -0.763. The van der Waals surface area contributed by atoms with Gasteiger partial charge in [0.1, 0.15) is 0 Å². The molecule has 0 bridgehead atoms. The van der Waals surface area contributed by atoms with Gasteiger partial charge in [0.05, 0.1) is 12.0 Å². The Morgan fingerprint density at radius 1 is 1.35 bits per heavy atom. The van der Waals surface area contributed by atoms with Crippen LogP contribution in [0, 0.1) is 11.3 Å². The van der Waals surface area contributed by atoms with Gasteiger partial charge in [0, 0.05) is 13.0 Å². The molecule has 1 heterocycles. The Morgan fingerprint density at radius 2 is 1.94 bits per heavy atom. The quantitative estimate of drug-likeness (QED) is 0.659. The number of carbonyl (C=O) groups is 3. The molecule has 1 aliphatic rings. The van der Waals surface area contributed by atoms with Crippen molar-refractivity contribution in [1.29, 1.82) is 0 Å². The topological polar surface area (TPSA) is 106 Å². The molecule has 1 atom stereocenters. The summed E-state index contributed by atoms with van der Waals surface area (Å²) in [6.45, 7) is 4.13. The summed E-state index contributed by atoms with van der Waals surface area (Å²) in [7, 11) is 0. The summed E-state index contributed by atoms with van der Waals surface area (Å²) >= 11 is 0. The average Bonchev–Trinajstić information content (AvgIpc) is 2.46. The van der Waals surface area contributed by atoms with Gasteiger partial charge in [0.15, 0.2) is 0 Å². The molecule has 0 aromatic carbocycles. The van der Waals surface area contributed by atoms with Crippen LogP contribution in [0.2, 0.25) is 0 Å². The summed E-state index contributed by atoms with van der Waals surface area (Å²) in [5.74, 6) is -1.23. The molecule has 0 radical (unpaired) electrons.